The van der Waals surface area contributed by atoms with E-state index in [2.05, 4.69) is 16.2 Å². The molecule has 4 nitrogen and oxygen atoms in total. The minimum absolute atomic E-state index is 0.404. The molecule has 0 unspecified atom stereocenters. The molecule has 0 aliphatic carbocycles. The van der Waals surface area contributed by atoms with Crippen LogP contribution >= 0.6 is 0 Å². The quantitative estimate of drug-likeness (QED) is 0.650. The number of aryl methyl sites for hydroxylation is 1. The number of hydrogen-bond acceptors (Lipinski definition) is 3. The Bertz CT molecular complexity index is 751. The van der Waals surface area contributed by atoms with E-state index in [1.807, 2.05) is 43.3 Å². The van der Waals surface area contributed by atoms with Gasteiger partial charge in [0.05, 0.1) is 11.4 Å². The zero-order valence-corrected chi connectivity index (χ0v) is 9.83. The lowest BCUT2D eigenvalue weighted by molar-refractivity contribution is 0.922. The molecule has 0 N–H and O–H groups in total. The van der Waals surface area contributed by atoms with Gasteiger partial charge in [-0.2, -0.15) is 10.4 Å². The normalized spacial score (nSPS) is 10.4. The molecule has 0 fully saturated rings. The first-order valence-electron chi connectivity index (χ1n) is 5.61. The third-order valence-corrected chi connectivity index (χ3v) is 2.73. The molecular weight excluding hydrogens is 224 g/mol. The van der Waals surface area contributed by atoms with Gasteiger partial charge in [-0.3, -0.25) is 0 Å². The summed E-state index contributed by atoms with van der Waals surface area (Å²) in [5, 5.41) is 13.4. The molecular formula is C14H10N4. The van der Waals surface area contributed by atoms with Gasteiger partial charge in [0.25, 0.3) is 0 Å². The average Bonchev–Trinajstić information content (AvgIpc) is 2.78. The number of nitriles is 1. The number of hydrogen-bond donors (Lipinski definition) is 0. The Morgan fingerprint density at radius 3 is 2.67 bits per heavy atom. The highest BCUT2D eigenvalue weighted by Gasteiger charge is 2.09. The second-order valence-corrected chi connectivity index (χ2v) is 4.06. The van der Waals surface area contributed by atoms with Crippen molar-refractivity contribution in [2.45, 2.75) is 6.92 Å². The number of aromatic nitrogens is 3. The Morgan fingerprint density at radius 1 is 1.17 bits per heavy atom. The van der Waals surface area contributed by atoms with Crippen molar-refractivity contribution in [3.05, 3.63) is 53.9 Å². The van der Waals surface area contributed by atoms with Gasteiger partial charge >= 0.3 is 0 Å². The maximum Gasteiger partial charge on any atom is 0.157 e. The molecule has 0 aliphatic heterocycles. The van der Waals surface area contributed by atoms with Crippen LogP contribution < -0.4 is 0 Å². The molecule has 0 atom stereocenters. The van der Waals surface area contributed by atoms with Gasteiger partial charge in [-0.1, -0.05) is 30.3 Å². The maximum absolute atomic E-state index is 9.03. The van der Waals surface area contributed by atoms with E-state index < -0.39 is 0 Å². The fraction of sp³-hybridized carbons (Fsp3) is 0.0714. The molecule has 18 heavy (non-hydrogen) atoms. The predicted molar refractivity (Wildman–Crippen MR) is 67.9 cm³/mol. The molecule has 2 heterocycles. The molecule has 0 saturated carbocycles. The molecule has 2 aromatic heterocycles. The van der Waals surface area contributed by atoms with Crippen LogP contribution in [0.4, 0.5) is 0 Å². The van der Waals surface area contributed by atoms with E-state index in [0.717, 1.165) is 17.0 Å². The Hall–Kier alpha value is -2.67. The summed E-state index contributed by atoms with van der Waals surface area (Å²) in [5.41, 5.74) is 3.89. The smallest absolute Gasteiger partial charge is 0.157 e. The van der Waals surface area contributed by atoms with Crippen LogP contribution in [0, 0.1) is 18.3 Å². The standard InChI is InChI=1S/C14H10N4/c1-10-7-14-16-12(9-15)8-13(18(14)17-10)11-5-3-2-4-6-11/h2-8H,1H3. The molecule has 3 rings (SSSR count). The average molecular weight is 234 g/mol. The maximum atomic E-state index is 9.03. The molecule has 0 amide bonds. The van der Waals surface area contributed by atoms with Crippen molar-refractivity contribution < 1.29 is 0 Å². The second kappa shape index (κ2) is 3.97. The van der Waals surface area contributed by atoms with Crippen LogP contribution in [0.3, 0.4) is 0 Å². The fourth-order valence-corrected chi connectivity index (χ4v) is 1.96. The summed E-state index contributed by atoms with van der Waals surface area (Å²) in [7, 11) is 0. The summed E-state index contributed by atoms with van der Waals surface area (Å²) in [6.07, 6.45) is 0. The van der Waals surface area contributed by atoms with Gasteiger partial charge in [-0.25, -0.2) is 9.50 Å². The molecule has 1 aromatic carbocycles. The lowest BCUT2D eigenvalue weighted by atomic mass is 10.1. The zero-order chi connectivity index (χ0) is 12.5. The first kappa shape index (κ1) is 10.5. The van der Waals surface area contributed by atoms with Gasteiger partial charge in [0.2, 0.25) is 0 Å². The van der Waals surface area contributed by atoms with Crippen LogP contribution in [0.25, 0.3) is 16.9 Å². The number of nitrogens with zero attached hydrogens (tertiary/aromatic N) is 4. The summed E-state index contributed by atoms with van der Waals surface area (Å²) in [6.45, 7) is 1.91. The number of fused-ring (bicyclic) bond motifs is 1. The van der Waals surface area contributed by atoms with E-state index in [9.17, 15) is 0 Å². The van der Waals surface area contributed by atoms with Crippen molar-refractivity contribution in [1.29, 1.82) is 5.26 Å². The lowest BCUT2D eigenvalue weighted by Crippen LogP contribution is -1.98. The van der Waals surface area contributed by atoms with E-state index in [4.69, 9.17) is 5.26 Å². The van der Waals surface area contributed by atoms with Crippen molar-refractivity contribution >= 4 is 5.65 Å². The van der Waals surface area contributed by atoms with Crippen LogP contribution in [-0.2, 0) is 0 Å². The van der Waals surface area contributed by atoms with Crippen LogP contribution in [0.15, 0.2) is 42.5 Å². The lowest BCUT2D eigenvalue weighted by Gasteiger charge is -2.04. The SMILES string of the molecule is Cc1cc2nc(C#N)cc(-c3ccccc3)n2n1. The van der Waals surface area contributed by atoms with E-state index in [1.54, 1.807) is 10.6 Å². The second-order valence-electron chi connectivity index (χ2n) is 4.06. The monoisotopic (exact) mass is 234 g/mol. The first-order valence-corrected chi connectivity index (χ1v) is 5.61. The minimum atomic E-state index is 0.404. The Morgan fingerprint density at radius 2 is 1.94 bits per heavy atom. The van der Waals surface area contributed by atoms with Crippen molar-refractivity contribution in [2.75, 3.05) is 0 Å². The zero-order valence-electron chi connectivity index (χ0n) is 9.83. The van der Waals surface area contributed by atoms with Gasteiger partial charge in [-0.15, -0.1) is 0 Å². The van der Waals surface area contributed by atoms with E-state index in [1.165, 1.54) is 0 Å². The summed E-state index contributed by atoms with van der Waals surface area (Å²) < 4.78 is 1.77. The number of benzene rings is 1. The third-order valence-electron chi connectivity index (χ3n) is 2.73. The summed E-state index contributed by atoms with van der Waals surface area (Å²) >= 11 is 0. The van der Waals surface area contributed by atoms with Crippen molar-refractivity contribution in [1.82, 2.24) is 14.6 Å². The van der Waals surface area contributed by atoms with Gasteiger partial charge in [0.1, 0.15) is 11.8 Å². The first-order chi connectivity index (χ1) is 8.78. The van der Waals surface area contributed by atoms with Crippen molar-refractivity contribution in [3.8, 4) is 17.3 Å². The van der Waals surface area contributed by atoms with E-state index >= 15 is 0 Å². The molecule has 3 aromatic rings. The van der Waals surface area contributed by atoms with Gasteiger partial charge in [0.15, 0.2) is 5.65 Å². The molecule has 86 valence electrons. The van der Waals surface area contributed by atoms with Gasteiger partial charge < -0.3 is 0 Å². The predicted octanol–water partition coefficient (Wildman–Crippen LogP) is 2.58. The Balaban J connectivity index is 2.37. The Labute approximate surface area is 104 Å². The largest absolute Gasteiger partial charge is 0.218 e. The van der Waals surface area contributed by atoms with Crippen molar-refractivity contribution in [3.63, 3.8) is 0 Å². The number of rotatable bonds is 1. The highest BCUT2D eigenvalue weighted by Crippen LogP contribution is 2.21. The third kappa shape index (κ3) is 1.62. The van der Waals surface area contributed by atoms with Gasteiger partial charge in [0, 0.05) is 17.7 Å². The topological polar surface area (TPSA) is 54.0 Å². The fourth-order valence-electron chi connectivity index (χ4n) is 1.96. The van der Waals surface area contributed by atoms with Gasteiger partial charge in [-0.05, 0) is 6.92 Å². The molecule has 0 aliphatic rings. The van der Waals surface area contributed by atoms with Crippen molar-refractivity contribution in [2.24, 2.45) is 0 Å². The van der Waals surface area contributed by atoms with Crippen LogP contribution in [-0.4, -0.2) is 14.6 Å². The minimum Gasteiger partial charge on any atom is -0.218 e. The van der Waals surface area contributed by atoms with Crippen LogP contribution in [0.5, 0.6) is 0 Å². The molecule has 0 bridgehead atoms. The summed E-state index contributed by atoms with van der Waals surface area (Å²) in [5.74, 6) is 0. The van der Waals surface area contributed by atoms with E-state index in [-0.39, 0.29) is 0 Å². The Kier molecular flexibility index (Phi) is 2.31. The molecule has 4 heteroatoms. The molecule has 0 radical (unpaired) electrons. The molecule has 0 spiro atoms. The summed E-state index contributed by atoms with van der Waals surface area (Å²) in [6, 6.07) is 15.6. The van der Waals surface area contributed by atoms with Crippen LogP contribution in [0.2, 0.25) is 0 Å². The highest BCUT2D eigenvalue weighted by atomic mass is 15.3. The molecule has 0 saturated heterocycles. The van der Waals surface area contributed by atoms with E-state index in [0.29, 0.717) is 11.3 Å². The summed E-state index contributed by atoms with van der Waals surface area (Å²) in [4.78, 5) is 4.24. The highest BCUT2D eigenvalue weighted by molar-refractivity contribution is 5.64. The van der Waals surface area contributed by atoms with Crippen LogP contribution in [0.1, 0.15) is 11.4 Å².